The molecule has 1 N–H and O–H groups in total. The molecule has 0 aliphatic carbocycles. The van der Waals surface area contributed by atoms with Crippen molar-refractivity contribution in [3.8, 4) is 0 Å². The number of aliphatic carboxylic acids is 1. The largest absolute Gasteiger partial charge is 0.481 e. The first-order chi connectivity index (χ1) is 11.6. The number of carbonyl (C=O) groups is 2. The average Bonchev–Trinajstić information content (AvgIpc) is 2.60. The van der Waals surface area contributed by atoms with Crippen LogP contribution in [0.5, 0.6) is 0 Å². The Morgan fingerprint density at radius 1 is 1.00 bits per heavy atom. The molecule has 1 atom stereocenters. The molecule has 0 radical (unpaired) electrons. The van der Waals surface area contributed by atoms with Gasteiger partial charge in [-0.05, 0) is 11.1 Å². The number of rotatable bonds is 7. The molecule has 5 nitrogen and oxygen atoms in total. The fourth-order valence-electron chi connectivity index (χ4n) is 2.23. The van der Waals surface area contributed by atoms with Crippen LogP contribution in [-0.4, -0.2) is 28.6 Å². The van der Waals surface area contributed by atoms with Gasteiger partial charge in [0.2, 0.25) is 0 Å². The van der Waals surface area contributed by atoms with E-state index >= 15 is 0 Å². The average molecular weight is 327 g/mol. The topological polar surface area (TPSA) is 66.8 Å². The van der Waals surface area contributed by atoms with Gasteiger partial charge in [-0.2, -0.15) is 0 Å². The van der Waals surface area contributed by atoms with Gasteiger partial charge in [0.1, 0.15) is 6.61 Å². The Bertz CT molecular complexity index is 658. The van der Waals surface area contributed by atoms with E-state index in [1.54, 1.807) is 6.92 Å². The molecule has 5 heteroatoms. The lowest BCUT2D eigenvalue weighted by Crippen LogP contribution is -2.36. The van der Waals surface area contributed by atoms with Crippen LogP contribution in [0, 0.1) is 5.92 Å². The summed E-state index contributed by atoms with van der Waals surface area (Å²) in [6.07, 6.45) is -0.518. The van der Waals surface area contributed by atoms with E-state index in [1.165, 1.54) is 4.90 Å². The van der Waals surface area contributed by atoms with Gasteiger partial charge in [0.05, 0.1) is 5.92 Å². The van der Waals surface area contributed by atoms with Crippen molar-refractivity contribution in [1.29, 1.82) is 0 Å². The summed E-state index contributed by atoms with van der Waals surface area (Å²) >= 11 is 0. The summed E-state index contributed by atoms with van der Waals surface area (Å²) in [6, 6.07) is 18.8. The van der Waals surface area contributed by atoms with Crippen LogP contribution in [0.4, 0.5) is 4.79 Å². The maximum atomic E-state index is 12.4. The molecule has 126 valence electrons. The van der Waals surface area contributed by atoms with E-state index in [2.05, 4.69) is 0 Å². The lowest BCUT2D eigenvalue weighted by molar-refractivity contribution is -0.141. The number of benzene rings is 2. The molecule has 0 aliphatic rings. The molecule has 0 fully saturated rings. The van der Waals surface area contributed by atoms with Crippen molar-refractivity contribution in [3.05, 3.63) is 71.8 Å². The predicted octanol–water partition coefficient (Wildman–Crippen LogP) is 3.55. The Kier molecular flexibility index (Phi) is 6.37. The molecule has 1 amide bonds. The lowest BCUT2D eigenvalue weighted by Gasteiger charge is -2.24. The Morgan fingerprint density at radius 2 is 1.54 bits per heavy atom. The van der Waals surface area contributed by atoms with Crippen LogP contribution < -0.4 is 0 Å². The van der Waals surface area contributed by atoms with Crippen LogP contribution in [0.25, 0.3) is 0 Å². The Balaban J connectivity index is 2.02. The van der Waals surface area contributed by atoms with E-state index in [4.69, 9.17) is 9.84 Å². The van der Waals surface area contributed by atoms with Crippen molar-refractivity contribution in [3.63, 3.8) is 0 Å². The predicted molar refractivity (Wildman–Crippen MR) is 90.3 cm³/mol. The van der Waals surface area contributed by atoms with E-state index in [9.17, 15) is 9.59 Å². The van der Waals surface area contributed by atoms with E-state index in [-0.39, 0.29) is 13.2 Å². The summed E-state index contributed by atoms with van der Waals surface area (Å²) < 4.78 is 5.34. The molecule has 0 heterocycles. The number of hydrogen-bond donors (Lipinski definition) is 1. The van der Waals surface area contributed by atoms with Crippen molar-refractivity contribution in [2.75, 3.05) is 6.54 Å². The lowest BCUT2D eigenvalue weighted by atomic mass is 10.1. The van der Waals surface area contributed by atoms with Gasteiger partial charge in [0, 0.05) is 13.1 Å². The van der Waals surface area contributed by atoms with Crippen LogP contribution in [0.15, 0.2) is 60.7 Å². The summed E-state index contributed by atoms with van der Waals surface area (Å²) in [5.74, 6) is -1.61. The first kappa shape index (κ1) is 17.5. The number of carbonyl (C=O) groups excluding carboxylic acids is 1. The quantitative estimate of drug-likeness (QED) is 0.844. The minimum atomic E-state index is -0.941. The first-order valence-electron chi connectivity index (χ1n) is 7.78. The summed E-state index contributed by atoms with van der Waals surface area (Å²) in [5.41, 5.74) is 1.81. The highest BCUT2D eigenvalue weighted by Gasteiger charge is 2.22. The number of nitrogens with zero attached hydrogens (tertiary/aromatic N) is 1. The van der Waals surface area contributed by atoms with Crippen molar-refractivity contribution >= 4 is 12.1 Å². The third-order valence-electron chi connectivity index (χ3n) is 3.60. The third-order valence-corrected chi connectivity index (χ3v) is 3.60. The Labute approximate surface area is 141 Å². The monoisotopic (exact) mass is 327 g/mol. The van der Waals surface area contributed by atoms with Crippen molar-refractivity contribution in [1.82, 2.24) is 4.90 Å². The fraction of sp³-hybridized carbons (Fsp3) is 0.263. The standard InChI is InChI=1S/C19H21NO4/c1-15(18(21)22)12-20(13-16-8-4-2-5-9-16)19(23)24-14-17-10-6-3-7-11-17/h2-11,15H,12-14H2,1H3,(H,21,22). The van der Waals surface area contributed by atoms with Gasteiger partial charge in [0.15, 0.2) is 0 Å². The van der Waals surface area contributed by atoms with Gasteiger partial charge in [-0.3, -0.25) is 4.79 Å². The second-order valence-electron chi connectivity index (χ2n) is 5.65. The van der Waals surface area contributed by atoms with Crippen molar-refractivity contribution in [2.45, 2.75) is 20.1 Å². The molecule has 2 rings (SSSR count). The second-order valence-corrected chi connectivity index (χ2v) is 5.65. The van der Waals surface area contributed by atoms with Gasteiger partial charge >= 0.3 is 12.1 Å². The molecule has 0 spiro atoms. The van der Waals surface area contributed by atoms with E-state index in [0.717, 1.165) is 11.1 Å². The second kappa shape index (κ2) is 8.72. The van der Waals surface area contributed by atoms with Crippen molar-refractivity contribution in [2.24, 2.45) is 5.92 Å². The zero-order valence-corrected chi connectivity index (χ0v) is 13.6. The highest BCUT2D eigenvalue weighted by molar-refractivity contribution is 5.72. The summed E-state index contributed by atoms with van der Waals surface area (Å²) in [5, 5.41) is 9.11. The van der Waals surface area contributed by atoms with E-state index in [0.29, 0.717) is 6.54 Å². The maximum Gasteiger partial charge on any atom is 0.410 e. The van der Waals surface area contributed by atoms with Crippen LogP contribution in [0.3, 0.4) is 0 Å². The number of hydrogen-bond acceptors (Lipinski definition) is 3. The molecule has 0 saturated heterocycles. The van der Waals surface area contributed by atoms with Gasteiger partial charge in [-0.25, -0.2) is 4.79 Å². The molecule has 1 unspecified atom stereocenters. The Hall–Kier alpha value is -2.82. The molecule has 0 aromatic heterocycles. The smallest absolute Gasteiger partial charge is 0.410 e. The minimum absolute atomic E-state index is 0.0951. The van der Waals surface area contributed by atoms with Gasteiger partial charge < -0.3 is 14.7 Å². The van der Waals surface area contributed by atoms with Gasteiger partial charge in [-0.15, -0.1) is 0 Å². The summed E-state index contributed by atoms with van der Waals surface area (Å²) in [7, 11) is 0. The SMILES string of the molecule is CC(CN(Cc1ccccc1)C(=O)OCc1ccccc1)C(=O)O. The Morgan fingerprint density at radius 3 is 2.08 bits per heavy atom. The van der Waals surface area contributed by atoms with Gasteiger partial charge in [-0.1, -0.05) is 67.6 Å². The van der Waals surface area contributed by atoms with E-state index < -0.39 is 18.0 Å². The number of carboxylic acid groups (broad SMARTS) is 1. The van der Waals surface area contributed by atoms with Crippen LogP contribution in [-0.2, 0) is 22.7 Å². The maximum absolute atomic E-state index is 12.4. The molecule has 24 heavy (non-hydrogen) atoms. The molecule has 0 bridgehead atoms. The number of amides is 1. The molecule has 0 saturated carbocycles. The van der Waals surface area contributed by atoms with Crippen LogP contribution in [0.2, 0.25) is 0 Å². The zero-order valence-electron chi connectivity index (χ0n) is 13.6. The fourth-order valence-corrected chi connectivity index (χ4v) is 2.23. The van der Waals surface area contributed by atoms with Gasteiger partial charge in [0.25, 0.3) is 0 Å². The molecular formula is C19H21NO4. The minimum Gasteiger partial charge on any atom is -0.481 e. The molecule has 2 aromatic rings. The molecule has 0 aliphatic heterocycles. The summed E-state index contributed by atoms with van der Waals surface area (Å²) in [6.45, 7) is 2.14. The van der Waals surface area contributed by atoms with Crippen LogP contribution >= 0.6 is 0 Å². The van der Waals surface area contributed by atoms with Crippen molar-refractivity contribution < 1.29 is 19.4 Å². The van der Waals surface area contributed by atoms with Crippen LogP contribution in [0.1, 0.15) is 18.1 Å². The first-order valence-corrected chi connectivity index (χ1v) is 7.78. The number of ether oxygens (including phenoxy) is 1. The molecular weight excluding hydrogens is 306 g/mol. The highest BCUT2D eigenvalue weighted by atomic mass is 16.6. The zero-order chi connectivity index (χ0) is 17.4. The molecule has 2 aromatic carbocycles. The highest BCUT2D eigenvalue weighted by Crippen LogP contribution is 2.11. The number of carboxylic acids is 1. The normalized spacial score (nSPS) is 11.5. The third kappa shape index (κ3) is 5.43. The summed E-state index contributed by atoms with van der Waals surface area (Å²) in [4.78, 5) is 24.9. The van der Waals surface area contributed by atoms with E-state index in [1.807, 2.05) is 60.7 Å².